The van der Waals surface area contributed by atoms with Gasteiger partial charge in [-0.05, 0) is 45.5 Å². The summed E-state index contributed by atoms with van der Waals surface area (Å²) in [4.78, 5) is 19.3. The predicted octanol–water partition coefficient (Wildman–Crippen LogP) is 10.5. The van der Waals surface area contributed by atoms with Gasteiger partial charge < -0.3 is 4.98 Å². The lowest BCUT2D eigenvalue weighted by Crippen LogP contribution is -2.15. The van der Waals surface area contributed by atoms with E-state index in [1.165, 1.54) is 44.1 Å². The van der Waals surface area contributed by atoms with Crippen molar-refractivity contribution in [1.82, 2.24) is 19.9 Å². The fourth-order valence-corrected chi connectivity index (χ4v) is 7.23. The van der Waals surface area contributed by atoms with Gasteiger partial charge in [0.1, 0.15) is 0 Å². The van der Waals surface area contributed by atoms with E-state index in [1.54, 1.807) is 0 Å². The zero-order chi connectivity index (χ0) is 30.8. The second-order valence-corrected chi connectivity index (χ2v) is 12.6. The Hall–Kier alpha value is -5.87. The van der Waals surface area contributed by atoms with Gasteiger partial charge in [-0.25, -0.2) is 15.0 Å². The average molecular weight is 591 g/mol. The first-order chi connectivity index (χ1) is 22.6. The zero-order valence-corrected chi connectivity index (χ0v) is 25.6. The van der Waals surface area contributed by atoms with Crippen LogP contribution in [0.25, 0.3) is 78.2 Å². The number of benzene rings is 6. The fraction of sp³-hybridized carbons (Fsp3) is 0.0714. The third-order valence-electron chi connectivity index (χ3n) is 9.46. The highest BCUT2D eigenvalue weighted by molar-refractivity contribution is 6.14. The van der Waals surface area contributed by atoms with Crippen LogP contribution in [0.4, 0.5) is 0 Å². The maximum Gasteiger partial charge on any atom is 0.164 e. The third-order valence-corrected chi connectivity index (χ3v) is 9.46. The second-order valence-electron chi connectivity index (χ2n) is 12.6. The Bertz CT molecular complexity index is 2420. The molecule has 0 bridgehead atoms. The van der Waals surface area contributed by atoms with Gasteiger partial charge in [-0.3, -0.25) is 0 Å². The van der Waals surface area contributed by atoms with E-state index >= 15 is 0 Å². The Kier molecular flexibility index (Phi) is 5.81. The standard InChI is InChI=1S/C42H30N4/c1-42(2)34-19-11-9-18-31(34)36-33(25-32-30-17-10-12-20-35(30)43-38(32)37(36)42)41-45-39(28-15-7-4-8-16-28)44-40(46-41)29-23-21-27(22-24-29)26-13-5-3-6-14-26/h3-25,43H,1-2H3. The largest absolute Gasteiger partial charge is 0.354 e. The van der Waals surface area contributed by atoms with E-state index in [1.807, 2.05) is 24.3 Å². The molecule has 0 atom stereocenters. The molecule has 1 N–H and O–H groups in total. The first-order valence-corrected chi connectivity index (χ1v) is 15.7. The Labute approximate surface area is 267 Å². The van der Waals surface area contributed by atoms with E-state index in [4.69, 9.17) is 15.0 Å². The van der Waals surface area contributed by atoms with Crippen LogP contribution in [-0.2, 0) is 5.41 Å². The Balaban J connectivity index is 1.33. The average Bonchev–Trinajstić information content (AvgIpc) is 3.60. The number of fused-ring (bicyclic) bond motifs is 7. The van der Waals surface area contributed by atoms with Crippen LogP contribution in [0.1, 0.15) is 25.0 Å². The molecule has 0 aliphatic heterocycles. The van der Waals surface area contributed by atoms with Gasteiger partial charge in [0.25, 0.3) is 0 Å². The number of para-hydroxylation sites is 1. The van der Waals surface area contributed by atoms with Crippen molar-refractivity contribution in [3.63, 3.8) is 0 Å². The maximum atomic E-state index is 5.24. The summed E-state index contributed by atoms with van der Waals surface area (Å²) in [5.74, 6) is 1.99. The molecule has 0 amide bonds. The molecule has 46 heavy (non-hydrogen) atoms. The lowest BCUT2D eigenvalue weighted by Gasteiger charge is -2.22. The number of nitrogens with one attached hydrogen (secondary N) is 1. The zero-order valence-electron chi connectivity index (χ0n) is 25.6. The second kappa shape index (κ2) is 10.1. The summed E-state index contributed by atoms with van der Waals surface area (Å²) in [5.41, 5.74) is 12.4. The Morgan fingerprint density at radius 1 is 0.478 bits per heavy atom. The lowest BCUT2D eigenvalue weighted by atomic mass is 9.81. The smallest absolute Gasteiger partial charge is 0.164 e. The number of hydrogen-bond donors (Lipinski definition) is 1. The van der Waals surface area contributed by atoms with Gasteiger partial charge in [-0.1, -0.05) is 141 Å². The fourth-order valence-electron chi connectivity index (χ4n) is 7.23. The van der Waals surface area contributed by atoms with E-state index in [2.05, 4.69) is 134 Å². The summed E-state index contributed by atoms with van der Waals surface area (Å²) in [6.45, 7) is 4.66. The number of hydrogen-bond acceptors (Lipinski definition) is 3. The molecule has 218 valence electrons. The van der Waals surface area contributed by atoms with Crippen molar-refractivity contribution in [1.29, 1.82) is 0 Å². The molecule has 0 radical (unpaired) electrons. The van der Waals surface area contributed by atoms with Crippen molar-refractivity contribution in [2.45, 2.75) is 19.3 Å². The van der Waals surface area contributed by atoms with Crippen LogP contribution in [0.5, 0.6) is 0 Å². The van der Waals surface area contributed by atoms with Crippen molar-refractivity contribution in [2.24, 2.45) is 0 Å². The van der Waals surface area contributed by atoms with Crippen LogP contribution in [0, 0.1) is 0 Å². The van der Waals surface area contributed by atoms with Crippen LogP contribution in [0.3, 0.4) is 0 Å². The highest BCUT2D eigenvalue weighted by atomic mass is 15.0. The summed E-state index contributed by atoms with van der Waals surface area (Å²) >= 11 is 0. The van der Waals surface area contributed by atoms with E-state index in [0.29, 0.717) is 17.5 Å². The van der Waals surface area contributed by atoms with Crippen molar-refractivity contribution >= 4 is 21.8 Å². The van der Waals surface area contributed by atoms with E-state index in [-0.39, 0.29) is 5.41 Å². The summed E-state index contributed by atoms with van der Waals surface area (Å²) in [5, 5.41) is 2.38. The SMILES string of the molecule is CC1(C)c2ccccc2-c2c(-c3nc(-c4ccccc4)nc(-c4ccc(-c5ccccc5)cc4)n3)cc3c([nH]c4ccccc43)c21. The van der Waals surface area contributed by atoms with Crippen molar-refractivity contribution in [2.75, 3.05) is 0 Å². The van der Waals surface area contributed by atoms with Crippen LogP contribution in [0.15, 0.2) is 140 Å². The molecule has 0 spiro atoms. The molecule has 0 saturated heterocycles. The van der Waals surface area contributed by atoms with Gasteiger partial charge in [0, 0.05) is 38.4 Å². The monoisotopic (exact) mass is 590 g/mol. The minimum absolute atomic E-state index is 0.216. The summed E-state index contributed by atoms with van der Waals surface area (Å²) in [6, 6.07) is 48.8. The van der Waals surface area contributed by atoms with Crippen LogP contribution in [-0.4, -0.2) is 19.9 Å². The molecule has 1 aliphatic rings. The highest BCUT2D eigenvalue weighted by Gasteiger charge is 2.40. The molecule has 0 fully saturated rings. The maximum absolute atomic E-state index is 5.24. The van der Waals surface area contributed by atoms with Gasteiger partial charge in [-0.15, -0.1) is 0 Å². The topological polar surface area (TPSA) is 54.5 Å². The quantitative estimate of drug-likeness (QED) is 0.222. The minimum Gasteiger partial charge on any atom is -0.354 e. The van der Waals surface area contributed by atoms with Gasteiger partial charge in [-0.2, -0.15) is 0 Å². The molecule has 9 rings (SSSR count). The molecular weight excluding hydrogens is 560 g/mol. The first kappa shape index (κ1) is 26.5. The summed E-state index contributed by atoms with van der Waals surface area (Å²) < 4.78 is 0. The van der Waals surface area contributed by atoms with Crippen molar-refractivity contribution in [3.05, 3.63) is 151 Å². The Morgan fingerprint density at radius 3 is 1.76 bits per heavy atom. The molecule has 4 nitrogen and oxygen atoms in total. The molecule has 8 aromatic rings. The normalized spacial score (nSPS) is 13.2. The highest BCUT2D eigenvalue weighted by Crippen LogP contribution is 2.55. The molecule has 0 saturated carbocycles. The summed E-state index contributed by atoms with van der Waals surface area (Å²) in [6.07, 6.45) is 0. The molecule has 2 aromatic heterocycles. The van der Waals surface area contributed by atoms with E-state index in [9.17, 15) is 0 Å². The molecular formula is C42H30N4. The number of rotatable bonds is 4. The van der Waals surface area contributed by atoms with Gasteiger partial charge in [0.2, 0.25) is 0 Å². The number of H-pyrrole nitrogens is 1. The van der Waals surface area contributed by atoms with Gasteiger partial charge in [0.15, 0.2) is 17.5 Å². The predicted molar refractivity (Wildman–Crippen MR) is 188 cm³/mol. The van der Waals surface area contributed by atoms with Gasteiger partial charge in [0.05, 0.1) is 5.52 Å². The minimum atomic E-state index is -0.216. The van der Waals surface area contributed by atoms with Crippen LogP contribution in [0.2, 0.25) is 0 Å². The van der Waals surface area contributed by atoms with Gasteiger partial charge >= 0.3 is 0 Å². The first-order valence-electron chi connectivity index (χ1n) is 15.7. The van der Waals surface area contributed by atoms with E-state index < -0.39 is 0 Å². The molecule has 1 aliphatic carbocycles. The number of aromatic amines is 1. The molecule has 0 unspecified atom stereocenters. The van der Waals surface area contributed by atoms with Crippen molar-refractivity contribution in [3.8, 4) is 56.4 Å². The number of aromatic nitrogens is 4. The third kappa shape index (κ3) is 4.04. The summed E-state index contributed by atoms with van der Waals surface area (Å²) in [7, 11) is 0. The molecule has 6 aromatic carbocycles. The van der Waals surface area contributed by atoms with Crippen LogP contribution >= 0.6 is 0 Å². The number of nitrogens with zero attached hydrogens (tertiary/aromatic N) is 3. The lowest BCUT2D eigenvalue weighted by molar-refractivity contribution is 0.665. The molecule has 4 heteroatoms. The van der Waals surface area contributed by atoms with Crippen molar-refractivity contribution < 1.29 is 0 Å². The van der Waals surface area contributed by atoms with Crippen LogP contribution < -0.4 is 0 Å². The Morgan fingerprint density at radius 2 is 1.02 bits per heavy atom. The molecule has 2 heterocycles. The van der Waals surface area contributed by atoms with E-state index in [0.717, 1.165) is 27.8 Å².